The molecule has 0 aliphatic carbocycles. The van der Waals surface area contributed by atoms with Crippen LogP contribution >= 0.6 is 0 Å². The van der Waals surface area contributed by atoms with Crippen LogP contribution in [0.25, 0.3) is 10.9 Å². The smallest absolute Gasteiger partial charge is 0.271 e. The lowest BCUT2D eigenvalue weighted by atomic mass is 10.1. The molecule has 0 saturated carbocycles. The summed E-state index contributed by atoms with van der Waals surface area (Å²) in [7, 11) is 0. The quantitative estimate of drug-likeness (QED) is 0.562. The number of fused-ring (bicyclic) bond motifs is 1. The number of aryl methyl sites for hydroxylation is 2. The number of amides is 1. The number of aromatic amines is 1. The van der Waals surface area contributed by atoms with Crippen molar-refractivity contribution in [2.24, 2.45) is 5.10 Å². The lowest BCUT2D eigenvalue weighted by Gasteiger charge is -2.00. The first kappa shape index (κ1) is 14.1. The van der Waals surface area contributed by atoms with Crippen LogP contribution < -0.4 is 5.43 Å². The van der Waals surface area contributed by atoms with Crippen LogP contribution in [0, 0.1) is 13.8 Å². The average Bonchev–Trinajstić information content (AvgIpc) is 2.83. The first-order chi connectivity index (χ1) is 10.6. The van der Waals surface area contributed by atoms with Crippen molar-refractivity contribution in [2.75, 3.05) is 0 Å². The van der Waals surface area contributed by atoms with E-state index in [4.69, 9.17) is 0 Å². The molecular weight excluding hydrogens is 274 g/mol. The zero-order valence-corrected chi connectivity index (χ0v) is 12.6. The fourth-order valence-corrected chi connectivity index (χ4v) is 2.47. The maximum Gasteiger partial charge on any atom is 0.271 e. The summed E-state index contributed by atoms with van der Waals surface area (Å²) in [6, 6.07) is 15.4. The fourth-order valence-electron chi connectivity index (χ4n) is 2.47. The van der Waals surface area contributed by atoms with E-state index in [0.29, 0.717) is 5.56 Å². The summed E-state index contributed by atoms with van der Waals surface area (Å²) in [5.41, 5.74) is 7.29. The molecule has 4 heteroatoms. The Balaban J connectivity index is 1.79. The van der Waals surface area contributed by atoms with Crippen LogP contribution in [0.2, 0.25) is 0 Å². The Morgan fingerprint density at radius 3 is 2.77 bits per heavy atom. The third kappa shape index (κ3) is 2.76. The summed E-state index contributed by atoms with van der Waals surface area (Å²) in [6.45, 7) is 3.94. The van der Waals surface area contributed by atoms with Gasteiger partial charge in [-0.15, -0.1) is 0 Å². The molecule has 3 rings (SSSR count). The fraction of sp³-hybridized carbons (Fsp3) is 0.111. The van der Waals surface area contributed by atoms with Gasteiger partial charge in [0.05, 0.1) is 6.21 Å². The molecule has 0 atom stereocenters. The topological polar surface area (TPSA) is 57.2 Å². The number of rotatable bonds is 3. The van der Waals surface area contributed by atoms with Crippen LogP contribution in [0.1, 0.15) is 27.2 Å². The molecule has 0 fully saturated rings. The lowest BCUT2D eigenvalue weighted by Crippen LogP contribution is -2.17. The zero-order valence-electron chi connectivity index (χ0n) is 12.6. The maximum atomic E-state index is 12.0. The summed E-state index contributed by atoms with van der Waals surface area (Å²) in [6.07, 6.45) is 1.68. The van der Waals surface area contributed by atoms with Crippen LogP contribution in [-0.2, 0) is 0 Å². The van der Waals surface area contributed by atoms with E-state index in [2.05, 4.69) is 15.5 Å². The van der Waals surface area contributed by atoms with E-state index in [9.17, 15) is 4.79 Å². The van der Waals surface area contributed by atoms with E-state index >= 15 is 0 Å². The summed E-state index contributed by atoms with van der Waals surface area (Å²) in [5, 5.41) is 5.18. The Bertz CT molecular complexity index is 862. The van der Waals surface area contributed by atoms with Gasteiger partial charge < -0.3 is 4.98 Å². The third-order valence-corrected chi connectivity index (χ3v) is 3.58. The number of carbonyl (C=O) groups is 1. The van der Waals surface area contributed by atoms with Crippen molar-refractivity contribution >= 4 is 23.0 Å². The highest BCUT2D eigenvalue weighted by Gasteiger charge is 2.06. The van der Waals surface area contributed by atoms with Gasteiger partial charge in [0.2, 0.25) is 0 Å². The molecule has 1 heterocycles. The first-order valence-electron chi connectivity index (χ1n) is 7.12. The summed E-state index contributed by atoms with van der Waals surface area (Å²) in [5.74, 6) is -0.211. The molecule has 4 nitrogen and oxygen atoms in total. The number of hydrogen-bond donors (Lipinski definition) is 2. The number of para-hydroxylation sites is 1. The molecule has 0 radical (unpaired) electrons. The molecule has 0 bridgehead atoms. The molecule has 22 heavy (non-hydrogen) atoms. The van der Waals surface area contributed by atoms with E-state index < -0.39 is 0 Å². The zero-order chi connectivity index (χ0) is 15.5. The van der Waals surface area contributed by atoms with Gasteiger partial charge in [0.25, 0.3) is 5.91 Å². The SMILES string of the molecule is Cc1cccc(C(=O)NN=Cc2c(C)[nH]c3ccccc23)c1. The van der Waals surface area contributed by atoms with Gasteiger partial charge in [-0.1, -0.05) is 35.9 Å². The first-order valence-corrected chi connectivity index (χ1v) is 7.12. The van der Waals surface area contributed by atoms with Gasteiger partial charge in [-0.25, -0.2) is 5.43 Å². The molecule has 2 aromatic carbocycles. The monoisotopic (exact) mass is 291 g/mol. The van der Waals surface area contributed by atoms with Gasteiger partial charge in [0, 0.05) is 27.7 Å². The van der Waals surface area contributed by atoms with E-state index in [1.807, 2.05) is 56.3 Å². The number of nitrogens with one attached hydrogen (secondary N) is 2. The van der Waals surface area contributed by atoms with Crippen LogP contribution in [0.5, 0.6) is 0 Å². The van der Waals surface area contributed by atoms with Crippen molar-refractivity contribution in [3.05, 3.63) is 70.9 Å². The molecule has 0 aliphatic rings. The molecule has 1 aromatic heterocycles. The standard InChI is InChI=1S/C18H17N3O/c1-12-6-5-7-14(10-12)18(22)21-19-11-16-13(2)20-17-9-4-3-8-15(16)17/h3-11,20H,1-2H3,(H,21,22). The van der Waals surface area contributed by atoms with Gasteiger partial charge in [-0.3, -0.25) is 4.79 Å². The average molecular weight is 291 g/mol. The van der Waals surface area contributed by atoms with E-state index in [0.717, 1.165) is 27.7 Å². The molecular formula is C18H17N3O. The van der Waals surface area contributed by atoms with Gasteiger partial charge in [-0.2, -0.15) is 5.10 Å². The van der Waals surface area contributed by atoms with E-state index in [-0.39, 0.29) is 5.91 Å². The maximum absolute atomic E-state index is 12.0. The van der Waals surface area contributed by atoms with Crippen molar-refractivity contribution in [2.45, 2.75) is 13.8 Å². The number of benzene rings is 2. The normalized spacial score (nSPS) is 11.2. The third-order valence-electron chi connectivity index (χ3n) is 3.58. The highest BCUT2D eigenvalue weighted by Crippen LogP contribution is 2.19. The number of hydrogen-bond acceptors (Lipinski definition) is 2. The molecule has 3 aromatic rings. The second-order valence-electron chi connectivity index (χ2n) is 5.28. The van der Waals surface area contributed by atoms with E-state index in [1.165, 1.54) is 0 Å². The molecule has 0 unspecified atom stereocenters. The lowest BCUT2D eigenvalue weighted by molar-refractivity contribution is 0.0955. The van der Waals surface area contributed by atoms with Crippen molar-refractivity contribution in [1.82, 2.24) is 10.4 Å². The van der Waals surface area contributed by atoms with Crippen molar-refractivity contribution in [3.8, 4) is 0 Å². The summed E-state index contributed by atoms with van der Waals surface area (Å²) < 4.78 is 0. The second-order valence-corrected chi connectivity index (χ2v) is 5.28. The second kappa shape index (κ2) is 5.85. The number of H-pyrrole nitrogens is 1. The number of hydrazone groups is 1. The Labute approximate surface area is 128 Å². The number of carbonyl (C=O) groups excluding carboxylic acids is 1. The molecule has 0 spiro atoms. The molecule has 0 saturated heterocycles. The Kier molecular flexibility index (Phi) is 3.74. The highest BCUT2D eigenvalue weighted by atomic mass is 16.2. The van der Waals surface area contributed by atoms with Crippen LogP contribution in [0.3, 0.4) is 0 Å². The van der Waals surface area contributed by atoms with Crippen molar-refractivity contribution < 1.29 is 4.79 Å². The molecule has 2 N–H and O–H groups in total. The van der Waals surface area contributed by atoms with Crippen molar-refractivity contribution in [1.29, 1.82) is 0 Å². The Morgan fingerprint density at radius 1 is 1.14 bits per heavy atom. The molecule has 110 valence electrons. The predicted molar refractivity (Wildman–Crippen MR) is 89.3 cm³/mol. The van der Waals surface area contributed by atoms with Crippen LogP contribution in [0.15, 0.2) is 53.6 Å². The Hall–Kier alpha value is -2.88. The van der Waals surface area contributed by atoms with Gasteiger partial charge in [-0.05, 0) is 32.0 Å². The van der Waals surface area contributed by atoms with Crippen LogP contribution in [-0.4, -0.2) is 17.1 Å². The minimum Gasteiger partial charge on any atom is -0.358 e. The molecule has 0 aliphatic heterocycles. The minimum absolute atomic E-state index is 0.211. The van der Waals surface area contributed by atoms with Crippen LogP contribution in [0.4, 0.5) is 0 Å². The van der Waals surface area contributed by atoms with Gasteiger partial charge in [0.15, 0.2) is 0 Å². The van der Waals surface area contributed by atoms with Crippen molar-refractivity contribution in [3.63, 3.8) is 0 Å². The largest absolute Gasteiger partial charge is 0.358 e. The predicted octanol–water partition coefficient (Wildman–Crippen LogP) is 3.55. The van der Waals surface area contributed by atoms with Gasteiger partial charge >= 0.3 is 0 Å². The Morgan fingerprint density at radius 2 is 1.95 bits per heavy atom. The minimum atomic E-state index is -0.211. The summed E-state index contributed by atoms with van der Waals surface area (Å²) in [4.78, 5) is 15.3. The van der Waals surface area contributed by atoms with E-state index in [1.54, 1.807) is 12.3 Å². The highest BCUT2D eigenvalue weighted by molar-refractivity contribution is 6.01. The van der Waals surface area contributed by atoms with Gasteiger partial charge in [0.1, 0.15) is 0 Å². The summed E-state index contributed by atoms with van der Waals surface area (Å²) >= 11 is 0. The molecule has 1 amide bonds. The number of nitrogens with zero attached hydrogens (tertiary/aromatic N) is 1. The number of aromatic nitrogens is 1.